The molecule has 0 saturated carbocycles. The average molecular weight is 241 g/mol. The van der Waals surface area contributed by atoms with Gasteiger partial charge in [0, 0.05) is 34.1 Å². The molecule has 0 rings (SSSR count). The molecule has 0 aliphatic rings. The van der Waals surface area contributed by atoms with E-state index < -0.39 is 7.32 Å². The van der Waals surface area contributed by atoms with Gasteiger partial charge in [-0.25, -0.2) is 0 Å². The first-order valence-corrected chi connectivity index (χ1v) is 0.775. The predicted octanol–water partition coefficient (Wildman–Crippen LogP) is -3.89. The number of rotatable bonds is 0. The quantitative estimate of drug-likeness (QED) is 0.380. The molecule has 0 amide bonds. The zero-order valence-corrected chi connectivity index (χ0v) is 4.94. The molecule has 3 N–H and O–H groups in total. The summed E-state index contributed by atoms with van der Waals surface area (Å²) in [6, 6.07) is 0. The van der Waals surface area contributed by atoms with Crippen LogP contribution in [0.4, 0.5) is 0 Å². The second kappa shape index (κ2) is 22.5. The van der Waals surface area contributed by atoms with Crippen LogP contribution in [0.3, 0.4) is 0 Å². The fourth-order valence-electron chi connectivity index (χ4n) is 0. The van der Waals surface area contributed by atoms with E-state index in [0.717, 1.165) is 0 Å². The van der Waals surface area contributed by atoms with E-state index in [1.165, 1.54) is 0 Å². The van der Waals surface area contributed by atoms with Crippen molar-refractivity contribution in [3.8, 4) is 0 Å². The van der Waals surface area contributed by atoms with Gasteiger partial charge in [0.05, 0.1) is 0 Å². The van der Waals surface area contributed by atoms with E-state index in [2.05, 4.69) is 0 Å². The van der Waals surface area contributed by atoms with Crippen molar-refractivity contribution in [3.05, 3.63) is 0 Å². The number of hydrogen-bond donors (Lipinski definition) is 3. The first-order chi connectivity index (χ1) is 1.73. The Kier molecular flexibility index (Phi) is 85.9. The van der Waals surface area contributed by atoms with Gasteiger partial charge >= 0.3 is 68.1 Å². The largest absolute Gasteiger partial charge is 0.316 e. The minimum atomic E-state index is -2.17. The molecule has 0 unspecified atom stereocenters. The van der Waals surface area contributed by atoms with Gasteiger partial charge in [0.15, 0.2) is 0 Å². The summed E-state index contributed by atoms with van der Waals surface area (Å²) in [5.74, 6) is 0. The molecular weight excluding hydrogens is 234 g/mol. The summed E-state index contributed by atoms with van der Waals surface area (Å²) in [7, 11) is -2.17. The van der Waals surface area contributed by atoms with E-state index in [-0.39, 0.29) is 94.9 Å². The molecule has 0 atom stereocenters. The normalized spacial score (nSPS) is 3.38. The molecule has 0 bridgehead atoms. The van der Waals surface area contributed by atoms with Crippen molar-refractivity contribution in [1.29, 1.82) is 0 Å². The Bertz CT molecular complexity index is 24.0. The van der Waals surface area contributed by atoms with Crippen LogP contribution in [0.2, 0.25) is 0 Å². The van der Waals surface area contributed by atoms with Crippen LogP contribution in [-0.2, 0) is 34.1 Å². The summed E-state index contributed by atoms with van der Waals surface area (Å²) in [5, 5.41) is 21.5. The van der Waals surface area contributed by atoms with Gasteiger partial charge in [0.2, 0.25) is 0 Å². The molecule has 0 aromatic rings. The third-order valence-electron chi connectivity index (χ3n) is 0. The maximum Gasteiger partial charge on any atom is 0.316 e. The topological polar surface area (TPSA) is 60.7 Å². The summed E-state index contributed by atoms with van der Waals surface area (Å²) in [5.41, 5.74) is 0. The molecule has 0 heterocycles. The smallest absolute Gasteiger partial charge is 0 e. The van der Waals surface area contributed by atoms with Crippen LogP contribution in [0.1, 0.15) is 0 Å². The Balaban J connectivity index is -0.00000000750. The molecule has 0 aliphatic carbocycles. The average Bonchev–Trinajstić information content (AvgIpc) is 0.811. The van der Waals surface area contributed by atoms with Crippen molar-refractivity contribution >= 4 is 68.1 Å². The molecule has 0 saturated heterocycles. The van der Waals surface area contributed by atoms with Gasteiger partial charge in [-0.05, 0) is 0 Å². The van der Waals surface area contributed by atoms with Crippen LogP contribution in [0.15, 0.2) is 0 Å². The van der Waals surface area contributed by atoms with Gasteiger partial charge in [0.1, 0.15) is 0 Å². The fourth-order valence-corrected chi connectivity index (χ4v) is 0. The maximum absolute atomic E-state index is 7.17. The molecule has 0 aromatic heterocycles. The van der Waals surface area contributed by atoms with Gasteiger partial charge in [-0.2, -0.15) is 0 Å². The molecule has 1 radical (unpaired) electrons. The van der Waals surface area contributed by atoms with Gasteiger partial charge in [0.25, 0.3) is 0 Å². The van der Waals surface area contributed by atoms with Gasteiger partial charge < -0.3 is 15.1 Å². The van der Waals surface area contributed by atoms with Crippen molar-refractivity contribution < 1.29 is 49.2 Å². The van der Waals surface area contributed by atoms with Crippen LogP contribution in [0.5, 0.6) is 0 Å². The van der Waals surface area contributed by atoms with Crippen molar-refractivity contribution in [2.75, 3.05) is 0 Å². The molecular formula is H7BCaFeMgMnO3. The summed E-state index contributed by atoms with van der Waals surface area (Å²) < 4.78 is 0. The molecule has 8 heteroatoms. The summed E-state index contributed by atoms with van der Waals surface area (Å²) in [6.45, 7) is 0. The van der Waals surface area contributed by atoms with E-state index in [0.29, 0.717) is 0 Å². The zero-order valence-electron chi connectivity index (χ0n) is 2.65. The monoisotopic (exact) mass is 241 g/mol. The third kappa shape index (κ3) is 63.8. The van der Waals surface area contributed by atoms with Crippen LogP contribution in [0.25, 0.3) is 0 Å². The Labute approximate surface area is 115 Å². The molecule has 0 spiro atoms. The van der Waals surface area contributed by atoms with E-state index >= 15 is 0 Å². The van der Waals surface area contributed by atoms with Gasteiger partial charge in [-0.1, -0.05) is 0 Å². The van der Waals surface area contributed by atoms with E-state index in [1.807, 2.05) is 0 Å². The second-order valence-electron chi connectivity index (χ2n) is 0.346. The molecule has 8 heavy (non-hydrogen) atoms. The van der Waals surface area contributed by atoms with Crippen LogP contribution < -0.4 is 0 Å². The fraction of sp³-hybridized carbons (Fsp3) is 0. The predicted molar refractivity (Wildman–Crippen MR) is 29.5 cm³/mol. The van der Waals surface area contributed by atoms with Crippen molar-refractivity contribution in [1.82, 2.24) is 0 Å². The van der Waals surface area contributed by atoms with Crippen LogP contribution in [-0.4, -0.2) is 83.2 Å². The molecule has 0 aromatic carbocycles. The first kappa shape index (κ1) is 30.5. The second-order valence-corrected chi connectivity index (χ2v) is 0.346. The molecule has 3 nitrogen and oxygen atoms in total. The Hall–Kier alpha value is 3.01. The van der Waals surface area contributed by atoms with Crippen LogP contribution >= 0.6 is 0 Å². The van der Waals surface area contributed by atoms with Gasteiger partial charge in [-0.3, -0.25) is 0 Å². The minimum Gasteiger partial charge on any atom is 0 e. The van der Waals surface area contributed by atoms with E-state index in [4.69, 9.17) is 15.1 Å². The van der Waals surface area contributed by atoms with E-state index in [1.54, 1.807) is 0 Å². The Morgan fingerprint density at radius 3 is 1.00 bits per heavy atom. The zero-order chi connectivity index (χ0) is 3.58. The van der Waals surface area contributed by atoms with Crippen LogP contribution in [0, 0.1) is 0 Å². The van der Waals surface area contributed by atoms with Crippen molar-refractivity contribution in [2.24, 2.45) is 0 Å². The Morgan fingerprint density at radius 2 is 1.00 bits per heavy atom. The van der Waals surface area contributed by atoms with E-state index in [9.17, 15) is 0 Å². The maximum atomic E-state index is 7.17. The third-order valence-corrected chi connectivity index (χ3v) is 0. The van der Waals surface area contributed by atoms with Gasteiger partial charge in [-0.15, -0.1) is 0 Å². The van der Waals surface area contributed by atoms with Crippen molar-refractivity contribution in [3.63, 3.8) is 0 Å². The minimum absolute atomic E-state index is 0. The standard InChI is InChI=1S/BH3O3.Ca.Fe.Mg.Mn.4H/c2-1(3)4;;;;;;;;/h2-4H;;;;;;;;. The molecule has 47 valence electrons. The Morgan fingerprint density at radius 1 is 1.00 bits per heavy atom. The summed E-state index contributed by atoms with van der Waals surface area (Å²) in [4.78, 5) is 0. The summed E-state index contributed by atoms with van der Waals surface area (Å²) in [6.07, 6.45) is 0. The molecule has 0 fully saturated rings. The SMILES string of the molecule is OB(O)O.[CaH2].[Fe].[MgH2].[Mn]. The number of hydrogen-bond acceptors (Lipinski definition) is 3. The van der Waals surface area contributed by atoms with Crippen molar-refractivity contribution in [2.45, 2.75) is 0 Å². The molecule has 0 aliphatic heterocycles. The summed E-state index contributed by atoms with van der Waals surface area (Å²) >= 11 is 0. The first-order valence-electron chi connectivity index (χ1n) is 0.775.